The molecule has 1 aromatic carbocycles. The van der Waals surface area contributed by atoms with E-state index in [1.165, 1.54) is 11.1 Å². The molecule has 0 radical (unpaired) electrons. The third kappa shape index (κ3) is 2.08. The second-order valence-electron chi connectivity index (χ2n) is 4.30. The van der Waals surface area contributed by atoms with Crippen LogP contribution in [0.1, 0.15) is 11.1 Å². The van der Waals surface area contributed by atoms with Gasteiger partial charge in [-0.2, -0.15) is 0 Å². The predicted molar refractivity (Wildman–Crippen MR) is 60.2 cm³/mol. The summed E-state index contributed by atoms with van der Waals surface area (Å²) in [4.78, 5) is 0. The average molecular weight is 181 g/mol. The lowest BCUT2D eigenvalue weighted by Crippen LogP contribution is -2.11. The normalized spacial score (nSPS) is 11.8. The van der Waals surface area contributed by atoms with Gasteiger partial charge in [0.15, 0.2) is 0 Å². The Hall–Kier alpha value is -0.350. The first-order valence-corrected chi connectivity index (χ1v) is 7.43. The van der Waals surface area contributed by atoms with Gasteiger partial charge >= 0.3 is 0 Å². The monoisotopic (exact) mass is 181 g/mol. The minimum Gasteiger partial charge on any atom is -0.0554 e. The zero-order chi connectivity index (χ0) is 9.35. The molecular weight excluding hydrogens is 163 g/mol. The molecule has 1 rings (SSSR count). The summed E-state index contributed by atoms with van der Waals surface area (Å²) in [6.07, 6.45) is 0. The molecular formula is C11H18P+. The largest absolute Gasteiger partial charge is 0.0959 e. The van der Waals surface area contributed by atoms with Crippen LogP contribution in [0.4, 0.5) is 0 Å². The quantitative estimate of drug-likeness (QED) is 0.584. The summed E-state index contributed by atoms with van der Waals surface area (Å²) in [5.74, 6) is 0. The first-order valence-electron chi connectivity index (χ1n) is 4.30. The highest BCUT2D eigenvalue weighted by atomic mass is 31.2. The number of hydrogen-bond acceptors (Lipinski definition) is 0. The fraction of sp³-hybridized carbons (Fsp3) is 0.455. The summed E-state index contributed by atoms with van der Waals surface area (Å²) in [6, 6.07) is 6.78. The maximum Gasteiger partial charge on any atom is 0.0959 e. The van der Waals surface area contributed by atoms with Gasteiger partial charge in [0.05, 0.1) is 25.3 Å². The highest BCUT2D eigenvalue weighted by Crippen LogP contribution is 2.45. The minimum absolute atomic E-state index is 0.826. The van der Waals surface area contributed by atoms with Gasteiger partial charge in [0.1, 0.15) is 0 Å². The van der Waals surface area contributed by atoms with Crippen molar-refractivity contribution in [1.29, 1.82) is 0 Å². The molecule has 0 spiro atoms. The smallest absolute Gasteiger partial charge is 0.0554 e. The van der Waals surface area contributed by atoms with E-state index in [0.717, 1.165) is 0 Å². The first-order chi connectivity index (χ1) is 5.41. The van der Waals surface area contributed by atoms with Gasteiger partial charge in [-0.1, -0.05) is 17.7 Å². The highest BCUT2D eigenvalue weighted by molar-refractivity contribution is 7.81. The zero-order valence-corrected chi connectivity index (χ0v) is 9.57. The van der Waals surface area contributed by atoms with E-state index in [1.807, 2.05) is 0 Å². The van der Waals surface area contributed by atoms with Crippen LogP contribution in [0, 0.1) is 13.8 Å². The van der Waals surface area contributed by atoms with E-state index in [0.29, 0.717) is 0 Å². The molecule has 1 heteroatoms. The molecule has 0 fully saturated rings. The van der Waals surface area contributed by atoms with Crippen molar-refractivity contribution in [3.63, 3.8) is 0 Å². The lowest BCUT2D eigenvalue weighted by atomic mass is 10.2. The Morgan fingerprint density at radius 2 is 1.58 bits per heavy atom. The predicted octanol–water partition coefficient (Wildman–Crippen LogP) is 2.84. The van der Waals surface area contributed by atoms with Crippen LogP contribution < -0.4 is 5.30 Å². The Morgan fingerprint density at radius 3 is 2.00 bits per heavy atom. The fourth-order valence-electron chi connectivity index (χ4n) is 1.56. The van der Waals surface area contributed by atoms with Crippen LogP contribution in [0.25, 0.3) is 0 Å². The fourth-order valence-corrected chi connectivity index (χ4v) is 3.20. The number of rotatable bonds is 1. The van der Waals surface area contributed by atoms with Gasteiger partial charge in [-0.15, -0.1) is 0 Å². The van der Waals surface area contributed by atoms with Crippen molar-refractivity contribution in [2.75, 3.05) is 20.0 Å². The maximum atomic E-state index is 2.37. The van der Waals surface area contributed by atoms with E-state index in [9.17, 15) is 0 Å². The summed E-state index contributed by atoms with van der Waals surface area (Å²) in [6.45, 7) is 11.5. The van der Waals surface area contributed by atoms with Crippen molar-refractivity contribution in [2.24, 2.45) is 0 Å². The van der Waals surface area contributed by atoms with E-state index < -0.39 is 7.26 Å². The minimum atomic E-state index is -0.826. The Morgan fingerprint density at radius 1 is 1.00 bits per heavy atom. The second-order valence-corrected chi connectivity index (χ2v) is 8.81. The average Bonchev–Trinajstić information content (AvgIpc) is 1.83. The summed E-state index contributed by atoms with van der Waals surface area (Å²) in [7, 11) is -0.826. The molecule has 0 bridgehead atoms. The topological polar surface area (TPSA) is 0 Å². The van der Waals surface area contributed by atoms with Crippen LogP contribution in [-0.2, 0) is 0 Å². The molecule has 1 aromatic rings. The zero-order valence-electron chi connectivity index (χ0n) is 8.68. The third-order valence-electron chi connectivity index (χ3n) is 2.08. The first kappa shape index (κ1) is 9.74. The van der Waals surface area contributed by atoms with E-state index in [1.54, 1.807) is 5.30 Å². The second kappa shape index (κ2) is 3.18. The molecule has 0 amide bonds. The molecule has 0 unspecified atom stereocenters. The number of hydrogen-bond donors (Lipinski definition) is 0. The number of aryl methyl sites for hydroxylation is 2. The summed E-state index contributed by atoms with van der Waals surface area (Å²) in [5, 5.41) is 1.56. The molecule has 0 heterocycles. The van der Waals surface area contributed by atoms with Crippen molar-refractivity contribution in [2.45, 2.75) is 13.8 Å². The summed E-state index contributed by atoms with van der Waals surface area (Å²) >= 11 is 0. The molecule has 0 aliphatic heterocycles. The van der Waals surface area contributed by atoms with Crippen LogP contribution in [0.3, 0.4) is 0 Å². The van der Waals surface area contributed by atoms with E-state index in [2.05, 4.69) is 52.0 Å². The van der Waals surface area contributed by atoms with Crippen molar-refractivity contribution in [3.8, 4) is 0 Å². The molecule has 0 saturated heterocycles. The maximum absolute atomic E-state index is 2.37. The van der Waals surface area contributed by atoms with Crippen LogP contribution in [0.5, 0.6) is 0 Å². The summed E-state index contributed by atoms with van der Waals surface area (Å²) < 4.78 is 0. The van der Waals surface area contributed by atoms with Gasteiger partial charge in [0.2, 0.25) is 0 Å². The molecule has 12 heavy (non-hydrogen) atoms. The van der Waals surface area contributed by atoms with Crippen molar-refractivity contribution in [1.82, 2.24) is 0 Å². The Balaban J connectivity index is 3.19. The van der Waals surface area contributed by atoms with Crippen LogP contribution in [-0.4, -0.2) is 20.0 Å². The van der Waals surface area contributed by atoms with Crippen molar-refractivity contribution >= 4 is 12.6 Å². The van der Waals surface area contributed by atoms with Gasteiger partial charge in [0, 0.05) is 7.26 Å². The standard InChI is InChI=1S/C11H18P/c1-9-6-7-11(10(2)8-9)12(3,4)5/h6-8H,1-5H3/q+1. The van der Waals surface area contributed by atoms with Gasteiger partial charge in [0.25, 0.3) is 0 Å². The molecule has 66 valence electrons. The molecule has 0 aliphatic carbocycles. The van der Waals surface area contributed by atoms with Crippen LogP contribution >= 0.6 is 7.26 Å². The molecule has 0 aliphatic rings. The SMILES string of the molecule is Cc1ccc([P+](C)(C)C)c(C)c1. The Labute approximate surface area is 76.3 Å². The van der Waals surface area contributed by atoms with Crippen molar-refractivity contribution < 1.29 is 0 Å². The molecule has 0 atom stereocenters. The lowest BCUT2D eigenvalue weighted by Gasteiger charge is -2.14. The van der Waals surface area contributed by atoms with Crippen molar-refractivity contribution in [3.05, 3.63) is 29.3 Å². The van der Waals surface area contributed by atoms with E-state index in [-0.39, 0.29) is 0 Å². The van der Waals surface area contributed by atoms with E-state index >= 15 is 0 Å². The van der Waals surface area contributed by atoms with Gasteiger partial charge in [-0.05, 0) is 25.5 Å². The molecule has 0 N–H and O–H groups in total. The Bertz CT molecular complexity index is 282. The highest BCUT2D eigenvalue weighted by Gasteiger charge is 2.22. The Kier molecular flexibility index (Phi) is 2.58. The summed E-state index contributed by atoms with van der Waals surface area (Å²) in [5.41, 5.74) is 2.82. The van der Waals surface area contributed by atoms with Gasteiger partial charge in [-0.3, -0.25) is 0 Å². The van der Waals surface area contributed by atoms with Gasteiger partial charge < -0.3 is 0 Å². The lowest BCUT2D eigenvalue weighted by molar-refractivity contribution is 1.41. The van der Waals surface area contributed by atoms with E-state index in [4.69, 9.17) is 0 Å². The molecule has 0 nitrogen and oxygen atoms in total. The van der Waals surface area contributed by atoms with Gasteiger partial charge in [-0.25, -0.2) is 0 Å². The third-order valence-corrected chi connectivity index (χ3v) is 4.02. The van der Waals surface area contributed by atoms with Crippen LogP contribution in [0.2, 0.25) is 0 Å². The molecule has 0 saturated carbocycles. The molecule has 0 aromatic heterocycles. The van der Waals surface area contributed by atoms with Crippen LogP contribution in [0.15, 0.2) is 18.2 Å². The number of benzene rings is 1.